The van der Waals surface area contributed by atoms with E-state index in [1.165, 1.54) is 19.1 Å². The molecule has 34 heavy (non-hydrogen) atoms. The molecular weight excluding hydrogens is 447 g/mol. The minimum absolute atomic E-state index is 0.0376. The molecule has 6 heteroatoms. The van der Waals surface area contributed by atoms with Crippen LogP contribution in [-0.2, 0) is 11.0 Å². The smallest absolute Gasteiger partial charge is 0.299 e. The summed E-state index contributed by atoms with van der Waals surface area (Å²) in [6.45, 7) is 5.49. The maximum absolute atomic E-state index is 13.5. The first kappa shape index (κ1) is 25.2. The molecule has 1 atom stereocenters. The fourth-order valence-corrected chi connectivity index (χ4v) is 3.72. The molecular formula is C28H23F5O. The predicted molar refractivity (Wildman–Crippen MR) is 122 cm³/mol. The van der Waals surface area contributed by atoms with Crippen LogP contribution in [0.15, 0.2) is 60.7 Å². The first-order valence-electron chi connectivity index (χ1n) is 10.7. The van der Waals surface area contributed by atoms with Crippen LogP contribution in [0.25, 0.3) is 11.1 Å². The number of benzene rings is 3. The molecule has 0 aliphatic heterocycles. The molecule has 3 aromatic carbocycles. The number of halogens is 5. The lowest BCUT2D eigenvalue weighted by Gasteiger charge is -2.18. The maximum Gasteiger partial charge on any atom is 0.416 e. The Balaban J connectivity index is 2.12. The summed E-state index contributed by atoms with van der Waals surface area (Å²) >= 11 is 0. The quantitative estimate of drug-likeness (QED) is 0.275. The Bertz CT molecular complexity index is 1220. The molecule has 0 radical (unpaired) electrons. The molecule has 176 valence electrons. The number of rotatable bonds is 5. The number of ketones is 1. The third-order valence-corrected chi connectivity index (χ3v) is 5.31. The van der Waals surface area contributed by atoms with E-state index in [0.717, 1.165) is 30.3 Å². The largest absolute Gasteiger partial charge is 0.416 e. The Morgan fingerprint density at radius 2 is 1.38 bits per heavy atom. The van der Waals surface area contributed by atoms with Crippen LogP contribution in [0.4, 0.5) is 22.0 Å². The molecule has 0 aromatic heterocycles. The zero-order chi connectivity index (χ0) is 25.0. The van der Waals surface area contributed by atoms with Gasteiger partial charge in [0.2, 0.25) is 0 Å². The van der Waals surface area contributed by atoms with Gasteiger partial charge in [-0.05, 0) is 72.4 Å². The maximum atomic E-state index is 13.5. The van der Waals surface area contributed by atoms with Crippen molar-refractivity contribution >= 4 is 5.78 Å². The van der Waals surface area contributed by atoms with Crippen molar-refractivity contribution in [3.63, 3.8) is 0 Å². The van der Waals surface area contributed by atoms with E-state index in [-0.39, 0.29) is 17.3 Å². The van der Waals surface area contributed by atoms with Crippen molar-refractivity contribution in [2.75, 3.05) is 0 Å². The molecule has 0 aliphatic rings. The predicted octanol–water partition coefficient (Wildman–Crippen LogP) is 7.77. The van der Waals surface area contributed by atoms with Gasteiger partial charge in [-0.1, -0.05) is 43.9 Å². The monoisotopic (exact) mass is 470 g/mol. The lowest BCUT2D eigenvalue weighted by atomic mass is 9.85. The van der Waals surface area contributed by atoms with Gasteiger partial charge in [-0.15, -0.1) is 0 Å². The molecule has 0 N–H and O–H groups in total. The van der Waals surface area contributed by atoms with E-state index in [1.807, 2.05) is 13.8 Å². The molecule has 0 bridgehead atoms. The highest BCUT2D eigenvalue weighted by atomic mass is 19.4. The second kappa shape index (κ2) is 10.2. The lowest BCUT2D eigenvalue weighted by Crippen LogP contribution is -2.12. The van der Waals surface area contributed by atoms with Crippen molar-refractivity contribution < 1.29 is 26.7 Å². The molecule has 1 unspecified atom stereocenters. The zero-order valence-corrected chi connectivity index (χ0v) is 18.9. The van der Waals surface area contributed by atoms with Crippen molar-refractivity contribution in [2.45, 2.75) is 39.3 Å². The van der Waals surface area contributed by atoms with E-state index >= 15 is 0 Å². The molecule has 0 heterocycles. The summed E-state index contributed by atoms with van der Waals surface area (Å²) in [4.78, 5) is 12.4. The van der Waals surface area contributed by atoms with Gasteiger partial charge in [0.05, 0.1) is 5.56 Å². The van der Waals surface area contributed by atoms with Gasteiger partial charge in [-0.2, -0.15) is 13.2 Å². The first-order chi connectivity index (χ1) is 15.9. The summed E-state index contributed by atoms with van der Waals surface area (Å²) in [6.07, 6.45) is -3.86. The topological polar surface area (TPSA) is 17.1 Å². The van der Waals surface area contributed by atoms with Crippen molar-refractivity contribution in [2.24, 2.45) is 5.92 Å². The minimum atomic E-state index is -4.45. The summed E-state index contributed by atoms with van der Waals surface area (Å²) in [5.41, 5.74) is 1.67. The standard InChI is InChI=1S/C28H23F5O/c1-17(2)10-27(18(3)34)23-12-19(4-5-20-13-25(29)16-26(30)14-20)11-22(15-23)21-6-8-24(9-7-21)28(31,32)33/h6-9,11-17,27H,10H2,1-3H3. The SMILES string of the molecule is CC(=O)C(CC(C)C)c1cc(C#Cc2cc(F)cc(F)c2)cc(-c2ccc(C(F)(F)F)cc2)c1. The summed E-state index contributed by atoms with van der Waals surface area (Å²) in [5.74, 6) is 3.87. The second-order valence-electron chi connectivity index (χ2n) is 8.62. The lowest BCUT2D eigenvalue weighted by molar-refractivity contribution is -0.137. The molecule has 0 fully saturated rings. The van der Waals surface area contributed by atoms with Gasteiger partial charge in [0, 0.05) is 23.1 Å². The Morgan fingerprint density at radius 1 is 0.824 bits per heavy atom. The molecule has 3 rings (SSSR count). The van der Waals surface area contributed by atoms with Crippen LogP contribution in [-0.4, -0.2) is 5.78 Å². The number of Topliss-reactive ketones (excluding diaryl/α,β-unsaturated/α-hetero) is 1. The molecule has 0 aliphatic carbocycles. The van der Waals surface area contributed by atoms with Crippen LogP contribution in [0.1, 0.15) is 55.4 Å². The van der Waals surface area contributed by atoms with Crippen LogP contribution in [0.2, 0.25) is 0 Å². The van der Waals surface area contributed by atoms with Crippen molar-refractivity contribution in [1.82, 2.24) is 0 Å². The van der Waals surface area contributed by atoms with Crippen LogP contribution in [0, 0.1) is 29.4 Å². The molecule has 0 saturated carbocycles. The number of hydrogen-bond acceptors (Lipinski definition) is 1. The summed E-state index contributed by atoms with van der Waals surface area (Å²) in [5, 5.41) is 0. The third kappa shape index (κ3) is 6.54. The van der Waals surface area contributed by atoms with Gasteiger partial charge in [0.15, 0.2) is 0 Å². The molecule has 3 aromatic rings. The number of hydrogen-bond donors (Lipinski definition) is 0. The summed E-state index contributed by atoms with van der Waals surface area (Å²) in [6, 6.07) is 12.9. The highest BCUT2D eigenvalue weighted by molar-refractivity contribution is 5.84. The van der Waals surface area contributed by atoms with Crippen molar-refractivity contribution in [1.29, 1.82) is 0 Å². The fourth-order valence-electron chi connectivity index (χ4n) is 3.72. The van der Waals surface area contributed by atoms with E-state index in [4.69, 9.17) is 0 Å². The average molecular weight is 470 g/mol. The minimum Gasteiger partial charge on any atom is -0.299 e. The van der Waals surface area contributed by atoms with E-state index in [2.05, 4.69) is 11.8 Å². The van der Waals surface area contributed by atoms with Gasteiger partial charge in [0.1, 0.15) is 17.4 Å². The van der Waals surface area contributed by atoms with Gasteiger partial charge in [-0.3, -0.25) is 4.79 Å². The Kier molecular flexibility index (Phi) is 7.56. The van der Waals surface area contributed by atoms with E-state index in [1.54, 1.807) is 18.2 Å². The van der Waals surface area contributed by atoms with Gasteiger partial charge < -0.3 is 0 Å². The number of carbonyl (C=O) groups is 1. The number of carbonyl (C=O) groups excluding carboxylic acids is 1. The molecule has 0 spiro atoms. The second-order valence-corrected chi connectivity index (χ2v) is 8.62. The normalized spacial score (nSPS) is 12.3. The Hall–Kier alpha value is -3.46. The average Bonchev–Trinajstić information content (AvgIpc) is 2.74. The molecule has 0 saturated heterocycles. The first-order valence-corrected chi connectivity index (χ1v) is 10.7. The Morgan fingerprint density at radius 3 is 1.88 bits per heavy atom. The van der Waals surface area contributed by atoms with Gasteiger partial charge in [-0.25, -0.2) is 8.78 Å². The van der Waals surface area contributed by atoms with Crippen LogP contribution in [0.3, 0.4) is 0 Å². The third-order valence-electron chi connectivity index (χ3n) is 5.31. The Labute approximate surface area is 195 Å². The molecule has 0 amide bonds. The number of alkyl halides is 3. The van der Waals surface area contributed by atoms with Crippen molar-refractivity contribution in [3.8, 4) is 23.0 Å². The van der Waals surface area contributed by atoms with E-state index in [0.29, 0.717) is 28.7 Å². The van der Waals surface area contributed by atoms with Crippen LogP contribution in [0.5, 0.6) is 0 Å². The van der Waals surface area contributed by atoms with Crippen LogP contribution >= 0.6 is 0 Å². The summed E-state index contributed by atoms with van der Waals surface area (Å²) in [7, 11) is 0. The van der Waals surface area contributed by atoms with Gasteiger partial charge >= 0.3 is 6.18 Å². The van der Waals surface area contributed by atoms with Crippen molar-refractivity contribution in [3.05, 3.63) is 94.6 Å². The van der Waals surface area contributed by atoms with Gasteiger partial charge in [0.25, 0.3) is 0 Å². The summed E-state index contributed by atoms with van der Waals surface area (Å²) < 4.78 is 65.9. The highest BCUT2D eigenvalue weighted by Gasteiger charge is 2.30. The zero-order valence-electron chi connectivity index (χ0n) is 18.9. The van der Waals surface area contributed by atoms with Crippen LogP contribution < -0.4 is 0 Å². The van der Waals surface area contributed by atoms with E-state index < -0.39 is 29.3 Å². The fraction of sp³-hybridized carbons (Fsp3) is 0.250. The van der Waals surface area contributed by atoms with E-state index in [9.17, 15) is 26.7 Å². The molecule has 1 nitrogen and oxygen atoms in total. The highest BCUT2D eigenvalue weighted by Crippen LogP contribution is 2.33.